The molecule has 1 aromatic carbocycles. The Morgan fingerprint density at radius 3 is 2.64 bits per heavy atom. The van der Waals surface area contributed by atoms with Crippen molar-refractivity contribution in [1.82, 2.24) is 14.9 Å². The number of unbranched alkanes of at least 4 members (excludes halogenated alkanes) is 1. The Morgan fingerprint density at radius 1 is 1.11 bits per heavy atom. The van der Waals surface area contributed by atoms with Crippen LogP contribution in [0.5, 0.6) is 0 Å². The third kappa shape index (κ3) is 4.81. The van der Waals surface area contributed by atoms with Crippen LogP contribution in [0.25, 0.3) is 10.2 Å². The fourth-order valence-electron chi connectivity index (χ4n) is 5.28. The van der Waals surface area contributed by atoms with Crippen LogP contribution in [0.4, 0.5) is 11.5 Å². The normalized spacial score (nSPS) is 16.2. The number of thiophene rings is 1. The highest BCUT2D eigenvalue weighted by Crippen LogP contribution is 2.39. The number of amides is 1. The number of aromatic nitrogens is 2. The lowest BCUT2D eigenvalue weighted by atomic mass is 10.1. The van der Waals surface area contributed by atoms with E-state index in [1.54, 1.807) is 24.0 Å². The molecule has 0 atom stereocenters. The predicted octanol–water partition coefficient (Wildman–Crippen LogP) is 5.48. The lowest BCUT2D eigenvalue weighted by Gasteiger charge is -2.36. The highest BCUT2D eigenvalue weighted by molar-refractivity contribution is 7.19. The fourth-order valence-corrected chi connectivity index (χ4v) is 6.55. The molecule has 1 fully saturated rings. The van der Waals surface area contributed by atoms with Gasteiger partial charge >= 0.3 is 0 Å². The van der Waals surface area contributed by atoms with Gasteiger partial charge in [0.25, 0.3) is 11.6 Å². The van der Waals surface area contributed by atoms with Gasteiger partial charge < -0.3 is 9.80 Å². The first kappa shape index (κ1) is 24.6. The Labute approximate surface area is 215 Å². The molecule has 9 heteroatoms. The molecule has 3 aromatic rings. The SMILES string of the molecule is CCCCc1nc(N2CCN(C(=O)c3ccc(C)c([N+](=O)[O-])c3)CC2)c2c3c(sc2n1)CCCCC3. The number of hydrogen-bond acceptors (Lipinski definition) is 7. The van der Waals surface area contributed by atoms with Gasteiger partial charge in [-0.25, -0.2) is 9.97 Å². The van der Waals surface area contributed by atoms with E-state index in [0.29, 0.717) is 37.3 Å². The molecule has 0 N–H and O–H groups in total. The van der Waals surface area contributed by atoms with Crippen molar-refractivity contribution in [3.8, 4) is 0 Å². The van der Waals surface area contributed by atoms with Gasteiger partial charge in [-0.3, -0.25) is 14.9 Å². The minimum atomic E-state index is -0.426. The van der Waals surface area contributed by atoms with E-state index in [2.05, 4.69) is 11.8 Å². The van der Waals surface area contributed by atoms with E-state index in [-0.39, 0.29) is 11.6 Å². The van der Waals surface area contributed by atoms with Crippen LogP contribution in [0.15, 0.2) is 18.2 Å². The number of nitrogens with zero attached hydrogens (tertiary/aromatic N) is 5. The van der Waals surface area contributed by atoms with Crippen molar-refractivity contribution in [2.75, 3.05) is 31.1 Å². The van der Waals surface area contributed by atoms with Crippen molar-refractivity contribution in [1.29, 1.82) is 0 Å². The maximum atomic E-state index is 13.2. The average molecular weight is 508 g/mol. The predicted molar refractivity (Wildman–Crippen MR) is 143 cm³/mol. The van der Waals surface area contributed by atoms with E-state index < -0.39 is 4.92 Å². The molecule has 2 aromatic heterocycles. The third-order valence-electron chi connectivity index (χ3n) is 7.37. The number of fused-ring (bicyclic) bond motifs is 3. The molecule has 0 bridgehead atoms. The van der Waals surface area contributed by atoms with Gasteiger partial charge in [-0.05, 0) is 50.7 Å². The van der Waals surface area contributed by atoms with Gasteiger partial charge in [0.15, 0.2) is 0 Å². The second kappa shape index (κ2) is 10.5. The molecule has 0 unspecified atom stereocenters. The van der Waals surface area contributed by atoms with Gasteiger partial charge in [0.1, 0.15) is 16.5 Å². The summed E-state index contributed by atoms with van der Waals surface area (Å²) in [6.07, 6.45) is 8.99. The van der Waals surface area contributed by atoms with Crippen molar-refractivity contribution in [2.45, 2.75) is 65.2 Å². The lowest BCUT2D eigenvalue weighted by Crippen LogP contribution is -2.49. The van der Waals surface area contributed by atoms with Crippen LogP contribution in [0, 0.1) is 17.0 Å². The minimum Gasteiger partial charge on any atom is -0.352 e. The highest BCUT2D eigenvalue weighted by Gasteiger charge is 2.28. The first-order valence-corrected chi connectivity index (χ1v) is 13.9. The van der Waals surface area contributed by atoms with Crippen LogP contribution in [0.1, 0.15) is 71.2 Å². The number of nitro benzene ring substituents is 1. The van der Waals surface area contributed by atoms with Crippen LogP contribution in [0.3, 0.4) is 0 Å². The monoisotopic (exact) mass is 507 g/mol. The maximum absolute atomic E-state index is 13.2. The van der Waals surface area contributed by atoms with E-state index in [4.69, 9.17) is 9.97 Å². The number of anilines is 1. The standard InChI is InChI=1S/C27H33N5O3S/c1-3-4-10-23-28-25(24-20-8-6-5-7-9-22(20)36-26(24)29-23)30-13-15-31(16-14-30)27(33)19-12-11-18(2)21(17-19)32(34)35/h11-12,17H,3-10,13-16H2,1-2H3. The Kier molecular flexibility index (Phi) is 7.18. The molecule has 1 aliphatic heterocycles. The van der Waals surface area contributed by atoms with Crippen LogP contribution >= 0.6 is 11.3 Å². The van der Waals surface area contributed by atoms with Gasteiger partial charge in [0.05, 0.1) is 10.3 Å². The molecule has 0 saturated carbocycles. The zero-order valence-electron chi connectivity index (χ0n) is 21.1. The van der Waals surface area contributed by atoms with E-state index >= 15 is 0 Å². The first-order chi connectivity index (χ1) is 17.5. The molecule has 1 amide bonds. The molecule has 5 rings (SSSR count). The van der Waals surface area contributed by atoms with Crippen LogP contribution in [-0.4, -0.2) is 51.9 Å². The lowest BCUT2D eigenvalue weighted by molar-refractivity contribution is -0.385. The molecule has 1 saturated heterocycles. The number of aryl methyl sites for hydroxylation is 4. The second-order valence-electron chi connectivity index (χ2n) is 9.85. The van der Waals surface area contributed by atoms with Crippen LogP contribution in [-0.2, 0) is 19.3 Å². The second-order valence-corrected chi connectivity index (χ2v) is 10.9. The molecule has 36 heavy (non-hydrogen) atoms. The molecule has 190 valence electrons. The van der Waals surface area contributed by atoms with Gasteiger partial charge in [-0.1, -0.05) is 25.8 Å². The molecular formula is C27H33N5O3S. The van der Waals surface area contributed by atoms with E-state index in [1.807, 2.05) is 11.3 Å². The Hall–Kier alpha value is -3.07. The number of hydrogen-bond donors (Lipinski definition) is 0. The Bertz CT molecular complexity index is 1300. The summed E-state index contributed by atoms with van der Waals surface area (Å²) in [7, 11) is 0. The summed E-state index contributed by atoms with van der Waals surface area (Å²) in [5, 5.41) is 12.6. The summed E-state index contributed by atoms with van der Waals surface area (Å²) in [5.74, 6) is 1.79. The number of carbonyl (C=O) groups excluding carboxylic acids is 1. The van der Waals surface area contributed by atoms with Gasteiger partial charge in [0.2, 0.25) is 0 Å². The minimum absolute atomic E-state index is 0.0133. The van der Waals surface area contributed by atoms with Crippen LogP contribution in [0.2, 0.25) is 0 Å². The van der Waals surface area contributed by atoms with Crippen molar-refractivity contribution in [3.63, 3.8) is 0 Å². The number of benzene rings is 1. The summed E-state index contributed by atoms with van der Waals surface area (Å²) < 4.78 is 0. The first-order valence-electron chi connectivity index (χ1n) is 13.1. The number of carbonyl (C=O) groups is 1. The van der Waals surface area contributed by atoms with Gasteiger partial charge in [-0.15, -0.1) is 11.3 Å². The smallest absolute Gasteiger partial charge is 0.273 e. The summed E-state index contributed by atoms with van der Waals surface area (Å²) >= 11 is 1.85. The van der Waals surface area contributed by atoms with Crippen molar-refractivity contribution < 1.29 is 9.72 Å². The van der Waals surface area contributed by atoms with E-state index in [0.717, 1.165) is 48.6 Å². The Morgan fingerprint density at radius 2 is 1.89 bits per heavy atom. The van der Waals surface area contributed by atoms with Crippen molar-refractivity contribution in [2.24, 2.45) is 0 Å². The molecule has 0 radical (unpaired) electrons. The fraction of sp³-hybridized carbons (Fsp3) is 0.519. The molecule has 0 spiro atoms. The molecule has 8 nitrogen and oxygen atoms in total. The average Bonchev–Trinajstić information content (AvgIpc) is 3.07. The summed E-state index contributed by atoms with van der Waals surface area (Å²) in [6.45, 7) is 6.36. The summed E-state index contributed by atoms with van der Waals surface area (Å²) in [6, 6.07) is 4.74. The van der Waals surface area contributed by atoms with Crippen molar-refractivity contribution in [3.05, 3.63) is 55.7 Å². The van der Waals surface area contributed by atoms with Crippen LogP contribution < -0.4 is 4.90 Å². The number of nitro groups is 1. The third-order valence-corrected chi connectivity index (χ3v) is 8.55. The quantitative estimate of drug-likeness (QED) is 0.249. The number of rotatable bonds is 6. The highest BCUT2D eigenvalue weighted by atomic mass is 32.1. The maximum Gasteiger partial charge on any atom is 0.273 e. The van der Waals surface area contributed by atoms with E-state index in [9.17, 15) is 14.9 Å². The largest absolute Gasteiger partial charge is 0.352 e. The number of piperazine rings is 1. The molecular weight excluding hydrogens is 474 g/mol. The summed E-state index contributed by atoms with van der Waals surface area (Å²) in [4.78, 5) is 40.8. The van der Waals surface area contributed by atoms with Gasteiger partial charge in [-0.2, -0.15) is 0 Å². The zero-order valence-corrected chi connectivity index (χ0v) is 21.9. The summed E-state index contributed by atoms with van der Waals surface area (Å²) in [5.41, 5.74) is 2.36. The Balaban J connectivity index is 1.40. The topological polar surface area (TPSA) is 92.5 Å². The van der Waals surface area contributed by atoms with E-state index in [1.165, 1.54) is 41.2 Å². The molecule has 2 aliphatic rings. The zero-order chi connectivity index (χ0) is 25.2. The molecule has 1 aliphatic carbocycles. The van der Waals surface area contributed by atoms with Gasteiger partial charge in [0, 0.05) is 54.7 Å². The van der Waals surface area contributed by atoms with Crippen molar-refractivity contribution >= 4 is 39.0 Å². The molecule has 3 heterocycles.